The number of nitrogens with zero attached hydrogens (tertiary/aromatic N) is 1. The van der Waals surface area contributed by atoms with E-state index in [0.29, 0.717) is 5.69 Å². The van der Waals surface area contributed by atoms with Gasteiger partial charge in [-0.05, 0) is 44.2 Å². The molecule has 6 rings (SSSR count). The van der Waals surface area contributed by atoms with Gasteiger partial charge in [-0.3, -0.25) is 19.8 Å². The molecule has 5 bridgehead atoms. The summed E-state index contributed by atoms with van der Waals surface area (Å²) in [5, 5.41) is 73.6. The zero-order chi connectivity index (χ0) is 46.0. The topological polar surface area (TPSA) is 263 Å². The largest absolute Gasteiger partial charge is 0.507 e. The number of aliphatic hydroxyl groups excluding tert-OH is 2. The molecular formula is C45H53N3O14. The van der Waals surface area contributed by atoms with Crippen LogP contribution in [0.25, 0.3) is 10.8 Å². The number of nitrogens with one attached hydrogen (secondary N) is 2. The number of anilines is 2. The quantitative estimate of drug-likeness (QED) is 0.0472. The van der Waals surface area contributed by atoms with Gasteiger partial charge >= 0.3 is 17.7 Å². The first-order valence-corrected chi connectivity index (χ1v) is 19.8. The SMILES string of the molecule is CO[C@H]1/C=C/O[C@@]2(C)Oc3c(C)c(O)c4c(O)c(c(/C=N/Nc5ccc(C(=O)O)cc5)c(O)c4c3C2=O)NC(=O)/C(C)=C\C=C\[C@@H](C)[C@@H](O)[C@@H](C)[C@H](O)[C@@H](C)[C@H](OC(C)=O)[C@@H]1C. The Hall–Kier alpha value is -6.43. The first-order chi connectivity index (χ1) is 29.1. The van der Waals surface area contributed by atoms with Gasteiger partial charge in [0.1, 0.15) is 23.4 Å². The molecule has 0 radical (unpaired) electrons. The van der Waals surface area contributed by atoms with Gasteiger partial charge in [0.15, 0.2) is 5.75 Å². The fourth-order valence-corrected chi connectivity index (χ4v) is 7.73. The number of rotatable bonds is 6. The molecule has 62 heavy (non-hydrogen) atoms. The third kappa shape index (κ3) is 9.10. The lowest BCUT2D eigenvalue weighted by atomic mass is 9.78. The maximum atomic E-state index is 14.4. The van der Waals surface area contributed by atoms with E-state index >= 15 is 0 Å². The number of esters is 1. The molecule has 0 unspecified atom stereocenters. The van der Waals surface area contributed by atoms with E-state index in [9.17, 15) is 49.8 Å². The maximum absolute atomic E-state index is 14.4. The number of aliphatic hydroxyl groups is 2. The molecule has 0 fully saturated rings. The second-order valence-electron chi connectivity index (χ2n) is 15.9. The zero-order valence-corrected chi connectivity index (χ0v) is 35.8. The number of aromatic hydroxyl groups is 3. The Morgan fingerprint density at radius 1 is 0.919 bits per heavy atom. The van der Waals surface area contributed by atoms with Crippen LogP contribution in [0.1, 0.15) is 80.3 Å². The number of carbonyl (C=O) groups excluding carboxylic acids is 3. The third-order valence-corrected chi connectivity index (χ3v) is 11.6. The van der Waals surface area contributed by atoms with Crippen LogP contribution in [0, 0.1) is 30.6 Å². The van der Waals surface area contributed by atoms with Crippen molar-refractivity contribution in [3.63, 3.8) is 0 Å². The Kier molecular flexibility index (Phi) is 14.0. The molecule has 0 saturated carbocycles. The Labute approximate surface area is 358 Å². The number of ketones is 1. The lowest BCUT2D eigenvalue weighted by molar-refractivity contribution is -0.160. The first kappa shape index (κ1) is 46.6. The summed E-state index contributed by atoms with van der Waals surface area (Å²) in [7, 11) is 1.41. The molecule has 3 aliphatic heterocycles. The Morgan fingerprint density at radius 2 is 1.58 bits per heavy atom. The van der Waals surface area contributed by atoms with E-state index < -0.39 is 106 Å². The monoisotopic (exact) mass is 859 g/mol. The highest BCUT2D eigenvalue weighted by Gasteiger charge is 2.50. The molecule has 17 heteroatoms. The highest BCUT2D eigenvalue weighted by atomic mass is 16.7. The van der Waals surface area contributed by atoms with Crippen molar-refractivity contribution in [1.29, 1.82) is 0 Å². The molecule has 3 aromatic carbocycles. The van der Waals surface area contributed by atoms with Crippen LogP contribution in [-0.2, 0) is 23.8 Å². The standard InChI is InChI=1S/C45H53N3O14/c1-20-11-10-12-21(2)43(56)47-34-29(19-46-48-28-15-13-27(14-16-28)44(57)58)38(53)31-32(39(34)54)37(52)25(6)41-33(31)42(55)45(8,62-41)60-18-17-30(59-9)22(3)40(61-26(7)49)24(5)36(51)23(4)35(20)50/h10-20,22-24,30,35-36,40,48,50-54H,1-9H3,(H,47,56)(H,57,58)/b11-10+,18-17+,21-12-,46-19+/t20-,22-,23-,24-,30+,35-,36+,40-,45+/m1/s1. The number of carbonyl (C=O) groups is 4. The summed E-state index contributed by atoms with van der Waals surface area (Å²) in [5.41, 5.74) is 2.17. The average Bonchev–Trinajstić information content (AvgIpc) is 3.50. The van der Waals surface area contributed by atoms with Gasteiger partial charge in [0.2, 0.25) is 0 Å². The van der Waals surface area contributed by atoms with Crippen LogP contribution in [0.5, 0.6) is 23.0 Å². The van der Waals surface area contributed by atoms with Gasteiger partial charge in [0.25, 0.3) is 11.7 Å². The normalized spacial score (nSPS) is 29.0. The number of phenols is 3. The number of hydrogen-bond donors (Lipinski definition) is 8. The minimum absolute atomic E-state index is 0.00514. The molecule has 8 N–H and O–H groups in total. The van der Waals surface area contributed by atoms with Crippen LogP contribution in [0.2, 0.25) is 0 Å². The number of ether oxygens (including phenoxy) is 4. The van der Waals surface area contributed by atoms with E-state index in [1.54, 1.807) is 33.8 Å². The van der Waals surface area contributed by atoms with Crippen LogP contribution in [0.4, 0.5) is 11.4 Å². The zero-order valence-electron chi connectivity index (χ0n) is 35.8. The van der Waals surface area contributed by atoms with E-state index in [1.807, 2.05) is 0 Å². The lowest BCUT2D eigenvalue weighted by Gasteiger charge is -2.38. The summed E-state index contributed by atoms with van der Waals surface area (Å²) in [5.74, 6) is -10.2. The smallest absolute Gasteiger partial charge is 0.335 e. The van der Waals surface area contributed by atoms with Crippen LogP contribution in [0.3, 0.4) is 0 Å². The van der Waals surface area contributed by atoms with Crippen molar-refractivity contribution in [3.05, 3.63) is 82.7 Å². The van der Waals surface area contributed by atoms with E-state index in [-0.39, 0.29) is 39.0 Å². The minimum Gasteiger partial charge on any atom is -0.507 e. The Balaban J connectivity index is 1.70. The van der Waals surface area contributed by atoms with Gasteiger partial charge in [0.05, 0.1) is 64.2 Å². The second-order valence-corrected chi connectivity index (χ2v) is 15.9. The molecule has 0 aromatic heterocycles. The number of carboxylic acids is 1. The number of Topliss-reactive ketones (excluding diaryl/α,β-unsaturated/α-hetero) is 1. The summed E-state index contributed by atoms with van der Waals surface area (Å²) < 4.78 is 23.5. The van der Waals surface area contributed by atoms with Gasteiger partial charge in [0, 0.05) is 61.2 Å². The van der Waals surface area contributed by atoms with Crippen LogP contribution in [0.15, 0.2) is 65.5 Å². The number of phenolic OH excluding ortho intramolecular Hbond substituents is 3. The van der Waals surface area contributed by atoms with Crippen molar-refractivity contribution in [1.82, 2.24) is 0 Å². The predicted molar refractivity (Wildman–Crippen MR) is 228 cm³/mol. The molecule has 3 aromatic rings. The third-order valence-electron chi connectivity index (χ3n) is 11.6. The van der Waals surface area contributed by atoms with Gasteiger partial charge in [-0.15, -0.1) is 0 Å². The molecule has 0 aliphatic carbocycles. The van der Waals surface area contributed by atoms with Gasteiger partial charge in [-0.25, -0.2) is 4.79 Å². The van der Waals surface area contributed by atoms with Crippen molar-refractivity contribution < 1.29 is 68.8 Å². The number of benzene rings is 3. The Bertz CT molecular complexity index is 2370. The molecule has 3 aliphatic rings. The highest BCUT2D eigenvalue weighted by molar-refractivity contribution is 6.24. The molecule has 9 atom stereocenters. The van der Waals surface area contributed by atoms with E-state index in [1.165, 1.54) is 77.3 Å². The predicted octanol–water partition coefficient (Wildman–Crippen LogP) is 5.90. The fraction of sp³-hybridized carbons (Fsp3) is 0.400. The average molecular weight is 860 g/mol. The summed E-state index contributed by atoms with van der Waals surface area (Å²) in [6.07, 6.45) is 4.25. The molecule has 0 saturated heterocycles. The molecule has 17 nitrogen and oxygen atoms in total. The summed E-state index contributed by atoms with van der Waals surface area (Å²) >= 11 is 0. The van der Waals surface area contributed by atoms with Crippen molar-refractivity contribution >= 4 is 52.0 Å². The van der Waals surface area contributed by atoms with Crippen LogP contribution >= 0.6 is 0 Å². The lowest BCUT2D eigenvalue weighted by Crippen LogP contribution is -2.46. The molecule has 332 valence electrons. The summed E-state index contributed by atoms with van der Waals surface area (Å²) in [4.78, 5) is 51.8. The number of allylic oxidation sites excluding steroid dienone is 2. The highest BCUT2D eigenvalue weighted by Crippen LogP contribution is 2.55. The first-order valence-electron chi connectivity index (χ1n) is 19.8. The Morgan fingerprint density at radius 3 is 2.19 bits per heavy atom. The molecule has 3 heterocycles. The maximum Gasteiger partial charge on any atom is 0.335 e. The van der Waals surface area contributed by atoms with Gasteiger partial charge in [-0.1, -0.05) is 45.9 Å². The molecule has 0 spiro atoms. The number of hydrogen-bond acceptors (Lipinski definition) is 15. The van der Waals surface area contributed by atoms with Crippen molar-refractivity contribution in [2.75, 3.05) is 17.9 Å². The number of amides is 1. The van der Waals surface area contributed by atoms with Gasteiger partial charge in [-0.2, -0.15) is 5.10 Å². The van der Waals surface area contributed by atoms with Crippen LogP contribution < -0.4 is 15.5 Å². The molecular weight excluding hydrogens is 807 g/mol. The number of hydrazone groups is 1. The number of methoxy groups -OCH3 is 1. The fourth-order valence-electron chi connectivity index (χ4n) is 7.73. The summed E-state index contributed by atoms with van der Waals surface area (Å²) in [6, 6.07) is 5.54. The molecule has 1 amide bonds. The number of fused-ring (bicyclic) bond motifs is 14. The van der Waals surface area contributed by atoms with Crippen LogP contribution in [-0.4, -0.2) is 97.8 Å². The van der Waals surface area contributed by atoms with Gasteiger partial charge < -0.3 is 54.9 Å². The summed E-state index contributed by atoms with van der Waals surface area (Å²) in [6.45, 7) is 12.2. The van der Waals surface area contributed by atoms with Crippen molar-refractivity contribution in [3.8, 4) is 23.0 Å². The van der Waals surface area contributed by atoms with E-state index in [2.05, 4.69) is 15.8 Å². The van der Waals surface area contributed by atoms with E-state index in [4.69, 9.17) is 18.9 Å². The van der Waals surface area contributed by atoms with Crippen molar-refractivity contribution in [2.24, 2.45) is 28.8 Å². The number of carboxylic acid groups (broad SMARTS) is 1. The number of aromatic carboxylic acids is 1. The minimum atomic E-state index is -2.11. The van der Waals surface area contributed by atoms with Crippen molar-refractivity contribution in [2.45, 2.75) is 85.6 Å². The second kappa shape index (κ2) is 18.7. The van der Waals surface area contributed by atoms with E-state index in [0.717, 1.165) is 12.5 Å².